The molecule has 0 bridgehead atoms. The van der Waals surface area contributed by atoms with E-state index in [-0.39, 0.29) is 6.16 Å². The maximum Gasteiger partial charge on any atom is 0.335 e. The van der Waals surface area contributed by atoms with E-state index in [1.165, 1.54) is 10.8 Å². The molecular weight excluding hydrogens is 343 g/mol. The number of benzene rings is 3. The van der Waals surface area contributed by atoms with Gasteiger partial charge >= 0.3 is 7.60 Å². The molecule has 4 heteroatoms. The SMILES string of the molecule is CCOP(=O)(Cc1cc(C)cc(-c2ccc3ccccc3c2)c1)OCC. The zero-order chi connectivity index (χ0) is 18.6. The monoisotopic (exact) mass is 368 g/mol. The van der Waals surface area contributed by atoms with Crippen LogP contribution in [0.25, 0.3) is 21.9 Å². The first kappa shape index (κ1) is 18.8. The van der Waals surface area contributed by atoms with Gasteiger partial charge in [-0.1, -0.05) is 60.2 Å². The van der Waals surface area contributed by atoms with Crippen molar-refractivity contribution in [3.63, 3.8) is 0 Å². The number of fused-ring (bicyclic) bond motifs is 1. The maximum atomic E-state index is 12.9. The summed E-state index contributed by atoms with van der Waals surface area (Å²) in [6.07, 6.45) is 0.289. The van der Waals surface area contributed by atoms with Gasteiger partial charge in [-0.2, -0.15) is 0 Å². The van der Waals surface area contributed by atoms with Crippen LogP contribution in [-0.2, 0) is 19.8 Å². The molecule has 0 radical (unpaired) electrons. The largest absolute Gasteiger partial charge is 0.335 e. The summed E-state index contributed by atoms with van der Waals surface area (Å²) in [4.78, 5) is 0. The Morgan fingerprint density at radius 2 is 1.50 bits per heavy atom. The summed E-state index contributed by atoms with van der Waals surface area (Å²) in [6.45, 7) is 6.48. The van der Waals surface area contributed by atoms with Crippen molar-refractivity contribution in [1.82, 2.24) is 0 Å². The highest BCUT2D eigenvalue weighted by Gasteiger charge is 2.24. The van der Waals surface area contributed by atoms with Gasteiger partial charge in [-0.3, -0.25) is 4.57 Å². The third-order valence-electron chi connectivity index (χ3n) is 4.25. The molecule has 0 amide bonds. The van der Waals surface area contributed by atoms with Crippen LogP contribution in [0.15, 0.2) is 60.7 Å². The lowest BCUT2D eigenvalue weighted by Gasteiger charge is -2.18. The molecule has 0 aromatic heterocycles. The molecule has 0 saturated carbocycles. The predicted octanol–water partition coefficient (Wildman–Crippen LogP) is 6.58. The molecular formula is C22H25O3P. The first-order chi connectivity index (χ1) is 12.5. The maximum absolute atomic E-state index is 12.9. The number of aryl methyl sites for hydroxylation is 1. The Kier molecular flexibility index (Phi) is 5.93. The third kappa shape index (κ3) is 4.42. The molecule has 3 nitrogen and oxygen atoms in total. The van der Waals surface area contributed by atoms with Gasteiger partial charge in [-0.05, 0) is 54.3 Å². The quantitative estimate of drug-likeness (QED) is 0.442. The average molecular weight is 368 g/mol. The molecule has 3 rings (SSSR count). The second-order valence-electron chi connectivity index (χ2n) is 6.37. The van der Waals surface area contributed by atoms with E-state index in [0.29, 0.717) is 13.2 Å². The van der Waals surface area contributed by atoms with E-state index in [0.717, 1.165) is 22.3 Å². The Balaban J connectivity index is 1.97. The highest BCUT2D eigenvalue weighted by atomic mass is 31.2. The number of rotatable bonds is 7. The van der Waals surface area contributed by atoms with E-state index in [1.807, 2.05) is 26.0 Å². The summed E-state index contributed by atoms with van der Waals surface area (Å²) in [7, 11) is -3.11. The van der Waals surface area contributed by atoms with E-state index in [1.54, 1.807) is 0 Å². The molecule has 3 aromatic rings. The molecule has 0 aliphatic rings. The van der Waals surface area contributed by atoms with E-state index in [9.17, 15) is 4.57 Å². The Hall–Kier alpha value is -1.93. The fourth-order valence-electron chi connectivity index (χ4n) is 3.23. The first-order valence-electron chi connectivity index (χ1n) is 9.01. The van der Waals surface area contributed by atoms with Gasteiger partial charge in [0.1, 0.15) is 0 Å². The van der Waals surface area contributed by atoms with Crippen LogP contribution in [0.5, 0.6) is 0 Å². The first-order valence-corrected chi connectivity index (χ1v) is 10.7. The van der Waals surface area contributed by atoms with Gasteiger partial charge in [0.15, 0.2) is 0 Å². The van der Waals surface area contributed by atoms with Crippen LogP contribution in [-0.4, -0.2) is 13.2 Å². The van der Waals surface area contributed by atoms with Crippen LogP contribution in [0.3, 0.4) is 0 Å². The molecule has 0 fully saturated rings. The van der Waals surface area contributed by atoms with Crippen LogP contribution < -0.4 is 0 Å². The van der Waals surface area contributed by atoms with Crippen molar-refractivity contribution in [3.05, 3.63) is 71.8 Å². The molecule has 0 heterocycles. The topological polar surface area (TPSA) is 35.5 Å². The molecule has 0 atom stereocenters. The summed E-state index contributed by atoms with van der Waals surface area (Å²) in [5.74, 6) is 0. The van der Waals surface area contributed by atoms with Gasteiger partial charge < -0.3 is 9.05 Å². The average Bonchev–Trinajstić information content (AvgIpc) is 2.61. The van der Waals surface area contributed by atoms with Gasteiger partial charge in [0, 0.05) is 0 Å². The number of hydrogen-bond acceptors (Lipinski definition) is 3. The molecule has 26 heavy (non-hydrogen) atoms. The molecule has 0 aliphatic carbocycles. The molecule has 0 N–H and O–H groups in total. The third-order valence-corrected chi connectivity index (χ3v) is 6.30. The summed E-state index contributed by atoms with van der Waals surface area (Å²) >= 11 is 0. The zero-order valence-electron chi connectivity index (χ0n) is 15.6. The Bertz CT molecular complexity index is 939. The fourth-order valence-corrected chi connectivity index (χ4v) is 4.91. The Morgan fingerprint density at radius 1 is 0.808 bits per heavy atom. The minimum absolute atomic E-state index is 0.289. The normalized spacial score (nSPS) is 11.8. The van der Waals surface area contributed by atoms with E-state index < -0.39 is 7.60 Å². The van der Waals surface area contributed by atoms with Gasteiger partial charge in [-0.15, -0.1) is 0 Å². The standard InChI is InChI=1S/C22H25O3P/c1-4-24-26(23,25-5-2)16-18-12-17(3)13-22(14-18)21-11-10-19-8-6-7-9-20(19)15-21/h6-15H,4-5,16H2,1-3H3. The lowest BCUT2D eigenvalue weighted by Crippen LogP contribution is -1.99. The van der Waals surface area contributed by atoms with E-state index >= 15 is 0 Å². The Labute approximate surface area is 155 Å². The minimum atomic E-state index is -3.11. The highest BCUT2D eigenvalue weighted by molar-refractivity contribution is 7.53. The zero-order valence-corrected chi connectivity index (χ0v) is 16.5. The molecule has 136 valence electrons. The molecule has 0 aliphatic heterocycles. The highest BCUT2D eigenvalue weighted by Crippen LogP contribution is 2.51. The van der Waals surface area contributed by atoms with Crippen molar-refractivity contribution in [1.29, 1.82) is 0 Å². The van der Waals surface area contributed by atoms with Crippen molar-refractivity contribution in [2.45, 2.75) is 26.9 Å². The van der Waals surface area contributed by atoms with Crippen LogP contribution in [0, 0.1) is 6.92 Å². The number of hydrogen-bond donors (Lipinski definition) is 0. The van der Waals surface area contributed by atoms with Gasteiger partial charge in [0.2, 0.25) is 0 Å². The van der Waals surface area contributed by atoms with E-state index in [4.69, 9.17) is 9.05 Å². The lowest BCUT2D eigenvalue weighted by molar-refractivity contribution is 0.219. The summed E-state index contributed by atoms with van der Waals surface area (Å²) < 4.78 is 23.8. The predicted molar refractivity (Wildman–Crippen MR) is 109 cm³/mol. The fraction of sp³-hybridized carbons (Fsp3) is 0.273. The Morgan fingerprint density at radius 3 is 2.19 bits per heavy atom. The minimum Gasteiger partial charge on any atom is -0.309 e. The van der Waals surface area contributed by atoms with E-state index in [2.05, 4.69) is 55.5 Å². The molecule has 3 aromatic carbocycles. The van der Waals surface area contributed by atoms with Crippen LogP contribution in [0.1, 0.15) is 25.0 Å². The molecule has 0 unspecified atom stereocenters. The van der Waals surface area contributed by atoms with Crippen molar-refractivity contribution in [3.8, 4) is 11.1 Å². The molecule has 0 spiro atoms. The molecule has 0 saturated heterocycles. The smallest absolute Gasteiger partial charge is 0.309 e. The van der Waals surface area contributed by atoms with Crippen molar-refractivity contribution >= 4 is 18.4 Å². The van der Waals surface area contributed by atoms with Crippen molar-refractivity contribution < 1.29 is 13.6 Å². The second-order valence-corrected chi connectivity index (χ2v) is 8.43. The van der Waals surface area contributed by atoms with Gasteiger partial charge in [0.05, 0.1) is 19.4 Å². The lowest BCUT2D eigenvalue weighted by atomic mass is 9.98. The summed E-state index contributed by atoms with van der Waals surface area (Å²) in [6, 6.07) is 21.1. The van der Waals surface area contributed by atoms with Crippen LogP contribution in [0.4, 0.5) is 0 Å². The van der Waals surface area contributed by atoms with Crippen molar-refractivity contribution in [2.24, 2.45) is 0 Å². The second kappa shape index (κ2) is 8.18. The van der Waals surface area contributed by atoms with Crippen molar-refractivity contribution in [2.75, 3.05) is 13.2 Å². The summed E-state index contributed by atoms with van der Waals surface area (Å²) in [5, 5.41) is 2.43. The summed E-state index contributed by atoms with van der Waals surface area (Å²) in [5.41, 5.74) is 4.37. The van der Waals surface area contributed by atoms with Crippen LogP contribution >= 0.6 is 7.60 Å². The van der Waals surface area contributed by atoms with Gasteiger partial charge in [0.25, 0.3) is 0 Å². The van der Waals surface area contributed by atoms with Crippen LogP contribution in [0.2, 0.25) is 0 Å². The van der Waals surface area contributed by atoms with Gasteiger partial charge in [-0.25, -0.2) is 0 Å².